The molecule has 2 amide bonds. The number of carbonyl (C=O) groups excluding carboxylic acids is 2. The van der Waals surface area contributed by atoms with Gasteiger partial charge in [-0.05, 0) is 6.07 Å². The molecule has 7 heteroatoms. The van der Waals surface area contributed by atoms with Crippen LogP contribution in [-0.2, 0) is 4.79 Å². The summed E-state index contributed by atoms with van der Waals surface area (Å²) in [5.74, 6) is -0.664. The van der Waals surface area contributed by atoms with Crippen LogP contribution in [0.4, 0.5) is 0 Å². The summed E-state index contributed by atoms with van der Waals surface area (Å²) in [5.41, 5.74) is 0.149. The third kappa shape index (κ3) is 3.24. The number of amides is 2. The van der Waals surface area contributed by atoms with Crippen molar-refractivity contribution in [2.24, 2.45) is 0 Å². The lowest BCUT2D eigenvalue weighted by atomic mass is 10.2. The van der Waals surface area contributed by atoms with Crippen molar-refractivity contribution in [2.75, 3.05) is 39.8 Å². The highest BCUT2D eigenvalue weighted by molar-refractivity contribution is 5.98. The summed E-state index contributed by atoms with van der Waals surface area (Å²) in [6.45, 7) is 2.85. The molecule has 0 saturated carbocycles. The smallest absolute Gasteiger partial charge is 0.257 e. The number of hydrogen-bond acceptors (Lipinski definition) is 5. The van der Waals surface area contributed by atoms with Gasteiger partial charge in [0.25, 0.3) is 5.91 Å². The number of nitrogens with zero attached hydrogens (tertiary/aromatic N) is 3. The summed E-state index contributed by atoms with van der Waals surface area (Å²) in [4.78, 5) is 30.9. The fraction of sp³-hybridized carbons (Fsp3) is 0.462. The lowest BCUT2D eigenvalue weighted by Gasteiger charge is -2.29. The first kappa shape index (κ1) is 14.3. The van der Waals surface area contributed by atoms with Crippen molar-refractivity contribution in [3.05, 3.63) is 24.0 Å². The molecule has 0 bridgehead atoms. The van der Waals surface area contributed by atoms with Crippen LogP contribution in [-0.4, -0.2) is 71.5 Å². The van der Waals surface area contributed by atoms with E-state index in [1.807, 2.05) is 0 Å². The van der Waals surface area contributed by atoms with Gasteiger partial charge in [0.1, 0.15) is 5.75 Å². The summed E-state index contributed by atoms with van der Waals surface area (Å²) in [5, 5.41) is 12.8. The summed E-state index contributed by atoms with van der Waals surface area (Å²) < 4.78 is 0. The topological polar surface area (TPSA) is 85.8 Å². The zero-order valence-corrected chi connectivity index (χ0v) is 11.4. The van der Waals surface area contributed by atoms with Crippen LogP contribution < -0.4 is 5.32 Å². The minimum absolute atomic E-state index is 0.000591. The number of hydrogen-bond donors (Lipinski definition) is 2. The van der Waals surface area contributed by atoms with E-state index in [0.717, 1.165) is 13.1 Å². The van der Waals surface area contributed by atoms with E-state index >= 15 is 0 Å². The van der Waals surface area contributed by atoms with Crippen molar-refractivity contribution >= 4 is 11.8 Å². The van der Waals surface area contributed by atoms with Gasteiger partial charge >= 0.3 is 0 Å². The molecule has 0 aliphatic carbocycles. The lowest BCUT2D eigenvalue weighted by molar-refractivity contribution is -0.132. The Morgan fingerprint density at radius 2 is 2.15 bits per heavy atom. The second-order valence-corrected chi connectivity index (χ2v) is 4.68. The Bertz CT molecular complexity index is 500. The Labute approximate surface area is 117 Å². The molecule has 0 unspecified atom stereocenters. The second-order valence-electron chi connectivity index (χ2n) is 4.68. The lowest BCUT2D eigenvalue weighted by Crippen LogP contribution is -2.49. The Hall–Kier alpha value is -2.15. The summed E-state index contributed by atoms with van der Waals surface area (Å²) in [6.07, 6.45) is 2.64. The first-order valence-corrected chi connectivity index (χ1v) is 6.46. The second kappa shape index (κ2) is 6.33. The van der Waals surface area contributed by atoms with Crippen molar-refractivity contribution in [3.63, 3.8) is 0 Å². The zero-order chi connectivity index (χ0) is 14.5. The summed E-state index contributed by atoms with van der Waals surface area (Å²) in [6, 6.07) is 1.43. The van der Waals surface area contributed by atoms with Gasteiger partial charge < -0.3 is 20.2 Å². The summed E-state index contributed by atoms with van der Waals surface area (Å²) >= 11 is 0. The molecule has 7 nitrogen and oxygen atoms in total. The quantitative estimate of drug-likeness (QED) is 0.763. The van der Waals surface area contributed by atoms with E-state index in [1.165, 1.54) is 23.4 Å². The van der Waals surface area contributed by atoms with Crippen molar-refractivity contribution < 1.29 is 14.7 Å². The maximum absolute atomic E-state index is 12.1. The number of pyridine rings is 1. The van der Waals surface area contributed by atoms with Crippen LogP contribution in [0.5, 0.6) is 5.75 Å². The van der Waals surface area contributed by atoms with Gasteiger partial charge in [0, 0.05) is 39.4 Å². The fourth-order valence-electron chi connectivity index (χ4n) is 2.06. The highest BCUT2D eigenvalue weighted by Crippen LogP contribution is 2.15. The number of piperazine rings is 1. The molecule has 0 atom stereocenters. The Morgan fingerprint density at radius 3 is 2.80 bits per heavy atom. The van der Waals surface area contributed by atoms with Crippen LogP contribution in [0.2, 0.25) is 0 Å². The van der Waals surface area contributed by atoms with E-state index in [9.17, 15) is 14.7 Å². The Balaban J connectivity index is 1.97. The van der Waals surface area contributed by atoms with Gasteiger partial charge in [-0.25, -0.2) is 0 Å². The molecule has 1 saturated heterocycles. The van der Waals surface area contributed by atoms with Crippen LogP contribution in [0.15, 0.2) is 18.5 Å². The molecule has 2 heterocycles. The minimum Gasteiger partial charge on any atom is -0.505 e. The van der Waals surface area contributed by atoms with Crippen LogP contribution in [0.1, 0.15) is 10.4 Å². The molecule has 1 aliphatic heterocycles. The van der Waals surface area contributed by atoms with Crippen molar-refractivity contribution in [2.45, 2.75) is 0 Å². The van der Waals surface area contributed by atoms with Crippen LogP contribution in [0.25, 0.3) is 0 Å². The monoisotopic (exact) mass is 278 g/mol. The molecule has 1 aliphatic rings. The first-order valence-electron chi connectivity index (χ1n) is 6.46. The molecule has 1 aromatic heterocycles. The number of aromatic hydroxyl groups is 1. The van der Waals surface area contributed by atoms with Gasteiger partial charge in [0.05, 0.1) is 18.3 Å². The zero-order valence-electron chi connectivity index (χ0n) is 11.4. The Kier molecular flexibility index (Phi) is 4.52. The van der Waals surface area contributed by atoms with E-state index in [1.54, 1.807) is 11.9 Å². The van der Waals surface area contributed by atoms with E-state index < -0.39 is 5.91 Å². The number of rotatable bonds is 3. The van der Waals surface area contributed by atoms with Gasteiger partial charge in [0.15, 0.2) is 0 Å². The average molecular weight is 278 g/mol. The third-order valence-corrected chi connectivity index (χ3v) is 3.22. The molecule has 1 fully saturated rings. The highest BCUT2D eigenvalue weighted by atomic mass is 16.3. The van der Waals surface area contributed by atoms with Crippen molar-refractivity contribution in [1.29, 1.82) is 0 Å². The molecule has 20 heavy (non-hydrogen) atoms. The summed E-state index contributed by atoms with van der Waals surface area (Å²) in [7, 11) is 1.54. The van der Waals surface area contributed by atoms with Gasteiger partial charge in [-0.15, -0.1) is 0 Å². The molecular weight excluding hydrogens is 260 g/mol. The van der Waals surface area contributed by atoms with Gasteiger partial charge in [-0.2, -0.15) is 0 Å². The molecule has 0 radical (unpaired) electrons. The fourth-order valence-corrected chi connectivity index (χ4v) is 2.06. The molecule has 1 aromatic rings. The number of nitrogens with one attached hydrogen (secondary N) is 1. The van der Waals surface area contributed by atoms with Crippen molar-refractivity contribution in [3.8, 4) is 5.75 Å². The van der Waals surface area contributed by atoms with E-state index in [0.29, 0.717) is 13.1 Å². The minimum atomic E-state index is -0.395. The average Bonchev–Trinajstić information content (AvgIpc) is 2.48. The molecule has 0 aromatic carbocycles. The first-order chi connectivity index (χ1) is 9.59. The third-order valence-electron chi connectivity index (χ3n) is 3.22. The van der Waals surface area contributed by atoms with E-state index in [2.05, 4.69) is 10.3 Å². The maximum atomic E-state index is 12.1. The number of aromatic nitrogens is 1. The van der Waals surface area contributed by atoms with E-state index in [4.69, 9.17) is 0 Å². The van der Waals surface area contributed by atoms with Gasteiger partial charge in [-0.1, -0.05) is 0 Å². The van der Waals surface area contributed by atoms with Gasteiger partial charge in [0.2, 0.25) is 5.91 Å². The molecule has 0 spiro atoms. The predicted molar refractivity (Wildman–Crippen MR) is 72.3 cm³/mol. The van der Waals surface area contributed by atoms with Crippen LogP contribution >= 0.6 is 0 Å². The normalized spacial score (nSPS) is 14.9. The Morgan fingerprint density at radius 1 is 1.45 bits per heavy atom. The number of likely N-dealkylation sites (N-methyl/N-ethyl adjacent to an activating group) is 1. The molecule has 2 N–H and O–H groups in total. The molecule has 108 valence electrons. The SMILES string of the molecule is CN(CC(=O)N1CCNCC1)C(=O)c1ccncc1O. The van der Waals surface area contributed by atoms with Crippen LogP contribution in [0, 0.1) is 0 Å². The maximum Gasteiger partial charge on any atom is 0.257 e. The molecular formula is C13H18N4O3. The standard InChI is InChI=1S/C13H18N4O3/c1-16(9-12(19)17-6-4-14-5-7-17)13(20)10-2-3-15-8-11(10)18/h2-3,8,14,18H,4-7,9H2,1H3. The molecule has 2 rings (SSSR count). The largest absolute Gasteiger partial charge is 0.505 e. The van der Waals surface area contributed by atoms with Crippen LogP contribution in [0.3, 0.4) is 0 Å². The van der Waals surface area contributed by atoms with Crippen molar-refractivity contribution in [1.82, 2.24) is 20.1 Å². The van der Waals surface area contributed by atoms with Gasteiger partial charge in [-0.3, -0.25) is 14.6 Å². The van der Waals surface area contributed by atoms with E-state index in [-0.39, 0.29) is 23.8 Å². The number of carbonyl (C=O) groups is 2. The predicted octanol–water partition coefficient (Wildman–Crippen LogP) is -0.709. The highest BCUT2D eigenvalue weighted by Gasteiger charge is 2.22.